The van der Waals surface area contributed by atoms with Crippen molar-refractivity contribution in [3.63, 3.8) is 0 Å². The highest BCUT2D eigenvalue weighted by Crippen LogP contribution is 2.32. The lowest BCUT2D eigenvalue weighted by Crippen LogP contribution is -2.40. The first-order valence-electron chi connectivity index (χ1n) is 5.93. The van der Waals surface area contributed by atoms with E-state index in [9.17, 15) is 13.2 Å². The first-order chi connectivity index (χ1) is 8.38. The van der Waals surface area contributed by atoms with Crippen LogP contribution in [-0.4, -0.2) is 24.1 Å². The van der Waals surface area contributed by atoms with Gasteiger partial charge in [-0.15, -0.1) is 0 Å². The van der Waals surface area contributed by atoms with E-state index in [-0.39, 0.29) is 11.7 Å². The molecule has 1 saturated heterocycles. The minimum Gasteiger partial charge on any atom is -0.356 e. The monoisotopic (exact) mass is 259 g/mol. The molecule has 1 aliphatic heterocycles. The van der Waals surface area contributed by atoms with Crippen LogP contribution in [-0.2, 0) is 6.18 Å². The number of rotatable bonds is 1. The second-order valence-corrected chi connectivity index (χ2v) is 4.62. The zero-order valence-corrected chi connectivity index (χ0v) is 10.2. The van der Waals surface area contributed by atoms with E-state index in [0.29, 0.717) is 5.82 Å². The first-order valence-corrected chi connectivity index (χ1v) is 5.93. The first kappa shape index (κ1) is 13.1. The van der Waals surface area contributed by atoms with Gasteiger partial charge in [0.15, 0.2) is 0 Å². The van der Waals surface area contributed by atoms with Crippen molar-refractivity contribution in [3.05, 3.63) is 23.4 Å². The third kappa shape index (κ3) is 2.75. The van der Waals surface area contributed by atoms with Gasteiger partial charge in [-0.05, 0) is 31.9 Å². The van der Waals surface area contributed by atoms with Crippen LogP contribution < -0.4 is 10.6 Å². The minimum absolute atomic E-state index is 0.0230. The molecule has 1 aromatic rings. The number of alkyl halides is 3. The third-order valence-corrected chi connectivity index (χ3v) is 3.24. The predicted octanol–water partition coefficient (Wildman–Crippen LogP) is 2.34. The molecular weight excluding hydrogens is 243 g/mol. The maximum Gasteiger partial charge on any atom is 0.418 e. The molecule has 0 radical (unpaired) electrons. The molecular formula is C12H16F3N3. The Hall–Kier alpha value is -1.30. The van der Waals surface area contributed by atoms with Crippen molar-refractivity contribution >= 4 is 5.82 Å². The van der Waals surface area contributed by atoms with E-state index in [1.54, 1.807) is 0 Å². The van der Waals surface area contributed by atoms with Crippen LogP contribution in [0.3, 0.4) is 0 Å². The number of aryl methyl sites for hydroxylation is 1. The van der Waals surface area contributed by atoms with Crippen LogP contribution in [0.2, 0.25) is 0 Å². The standard InChI is InChI=1S/C12H16F3N3/c1-8-10(12(13,14)15)2-3-11(17-8)18-6-4-9(16)5-7-18/h2-3,9H,4-7,16H2,1H3. The van der Waals surface area contributed by atoms with Crippen molar-refractivity contribution in [1.82, 2.24) is 4.98 Å². The summed E-state index contributed by atoms with van der Waals surface area (Å²) in [5.41, 5.74) is 5.15. The van der Waals surface area contributed by atoms with Gasteiger partial charge in [0.05, 0.1) is 11.3 Å². The summed E-state index contributed by atoms with van der Waals surface area (Å²) in [6, 6.07) is 2.73. The Morgan fingerprint density at radius 2 is 1.89 bits per heavy atom. The van der Waals surface area contributed by atoms with E-state index in [1.165, 1.54) is 13.0 Å². The van der Waals surface area contributed by atoms with Gasteiger partial charge in [0, 0.05) is 19.1 Å². The summed E-state index contributed by atoms with van der Waals surface area (Å²) < 4.78 is 37.8. The number of aromatic nitrogens is 1. The Morgan fingerprint density at radius 1 is 1.28 bits per heavy atom. The summed E-state index contributed by atoms with van der Waals surface area (Å²) in [4.78, 5) is 6.04. The lowest BCUT2D eigenvalue weighted by atomic mass is 10.1. The Bertz CT molecular complexity index is 423. The molecule has 2 rings (SSSR count). The van der Waals surface area contributed by atoms with Gasteiger partial charge in [-0.25, -0.2) is 4.98 Å². The summed E-state index contributed by atoms with van der Waals surface area (Å²) in [6.45, 7) is 2.89. The number of hydrogen-bond donors (Lipinski definition) is 1. The molecule has 0 amide bonds. The van der Waals surface area contributed by atoms with E-state index in [4.69, 9.17) is 5.73 Å². The topological polar surface area (TPSA) is 42.2 Å². The molecule has 1 aliphatic rings. The zero-order valence-electron chi connectivity index (χ0n) is 10.2. The number of nitrogens with zero attached hydrogens (tertiary/aromatic N) is 2. The Balaban J connectivity index is 2.19. The summed E-state index contributed by atoms with van der Waals surface area (Å²) in [5.74, 6) is 0.604. The van der Waals surface area contributed by atoms with Crippen LogP contribution in [0.4, 0.5) is 19.0 Å². The van der Waals surface area contributed by atoms with Crippen LogP contribution in [0.15, 0.2) is 12.1 Å². The van der Waals surface area contributed by atoms with Gasteiger partial charge in [-0.1, -0.05) is 0 Å². The van der Waals surface area contributed by atoms with E-state index in [0.717, 1.165) is 32.0 Å². The van der Waals surface area contributed by atoms with Crippen LogP contribution in [0.1, 0.15) is 24.1 Å². The molecule has 0 bridgehead atoms. The fraction of sp³-hybridized carbons (Fsp3) is 0.583. The molecule has 18 heavy (non-hydrogen) atoms. The molecule has 0 atom stereocenters. The van der Waals surface area contributed by atoms with Gasteiger partial charge in [0.1, 0.15) is 5.82 Å². The molecule has 1 fully saturated rings. The van der Waals surface area contributed by atoms with Crippen LogP contribution >= 0.6 is 0 Å². The summed E-state index contributed by atoms with van der Waals surface area (Å²) in [5, 5.41) is 0. The van der Waals surface area contributed by atoms with E-state index in [1.807, 2.05) is 4.90 Å². The number of anilines is 1. The molecule has 3 nitrogen and oxygen atoms in total. The largest absolute Gasteiger partial charge is 0.418 e. The molecule has 0 unspecified atom stereocenters. The van der Waals surface area contributed by atoms with E-state index >= 15 is 0 Å². The predicted molar refractivity (Wildman–Crippen MR) is 63.4 cm³/mol. The second kappa shape index (κ2) is 4.76. The Labute approximate surface area is 104 Å². The van der Waals surface area contributed by atoms with Crippen LogP contribution in [0.5, 0.6) is 0 Å². The molecule has 0 saturated carbocycles. The van der Waals surface area contributed by atoms with Gasteiger partial charge >= 0.3 is 6.18 Å². The van der Waals surface area contributed by atoms with Gasteiger partial charge in [0.2, 0.25) is 0 Å². The van der Waals surface area contributed by atoms with Crippen LogP contribution in [0.25, 0.3) is 0 Å². The average molecular weight is 259 g/mol. The molecule has 0 spiro atoms. The van der Waals surface area contributed by atoms with Crippen molar-refractivity contribution in [2.45, 2.75) is 32.0 Å². The Kier molecular flexibility index (Phi) is 3.47. The van der Waals surface area contributed by atoms with Crippen molar-refractivity contribution in [1.29, 1.82) is 0 Å². The molecule has 100 valence electrons. The number of halogens is 3. The molecule has 6 heteroatoms. The highest BCUT2D eigenvalue weighted by molar-refractivity contribution is 5.42. The SMILES string of the molecule is Cc1nc(N2CCC(N)CC2)ccc1C(F)(F)F. The number of hydrogen-bond acceptors (Lipinski definition) is 3. The second-order valence-electron chi connectivity index (χ2n) is 4.62. The quantitative estimate of drug-likeness (QED) is 0.841. The smallest absolute Gasteiger partial charge is 0.356 e. The summed E-state index contributed by atoms with van der Waals surface area (Å²) in [7, 11) is 0. The van der Waals surface area contributed by atoms with Gasteiger partial charge in [-0.3, -0.25) is 0 Å². The molecule has 0 aromatic carbocycles. The highest BCUT2D eigenvalue weighted by Gasteiger charge is 2.33. The zero-order chi connectivity index (χ0) is 13.3. The minimum atomic E-state index is -4.33. The Morgan fingerprint density at radius 3 is 2.39 bits per heavy atom. The molecule has 1 aromatic heterocycles. The van der Waals surface area contributed by atoms with Crippen molar-refractivity contribution in [2.24, 2.45) is 5.73 Å². The van der Waals surface area contributed by atoms with Crippen molar-refractivity contribution in [3.8, 4) is 0 Å². The lowest BCUT2D eigenvalue weighted by molar-refractivity contribution is -0.138. The van der Waals surface area contributed by atoms with Crippen LogP contribution in [0, 0.1) is 6.92 Å². The maximum atomic E-state index is 12.6. The number of piperidine rings is 1. The third-order valence-electron chi connectivity index (χ3n) is 3.24. The van der Waals surface area contributed by atoms with E-state index in [2.05, 4.69) is 4.98 Å². The average Bonchev–Trinajstić information content (AvgIpc) is 2.28. The highest BCUT2D eigenvalue weighted by atomic mass is 19.4. The molecule has 2 heterocycles. The summed E-state index contributed by atoms with van der Waals surface area (Å²) >= 11 is 0. The van der Waals surface area contributed by atoms with Crippen molar-refractivity contribution < 1.29 is 13.2 Å². The van der Waals surface area contributed by atoms with Gasteiger partial charge in [-0.2, -0.15) is 13.2 Å². The fourth-order valence-corrected chi connectivity index (χ4v) is 2.15. The van der Waals surface area contributed by atoms with Crippen molar-refractivity contribution in [2.75, 3.05) is 18.0 Å². The number of pyridine rings is 1. The van der Waals surface area contributed by atoms with E-state index < -0.39 is 11.7 Å². The lowest BCUT2D eigenvalue weighted by Gasteiger charge is -2.31. The molecule has 2 N–H and O–H groups in total. The normalized spacial score (nSPS) is 18.2. The summed E-state index contributed by atoms with van der Waals surface area (Å²) in [6.07, 6.45) is -2.64. The van der Waals surface area contributed by atoms with Gasteiger partial charge < -0.3 is 10.6 Å². The maximum absolute atomic E-state index is 12.6. The van der Waals surface area contributed by atoms with Gasteiger partial charge in [0.25, 0.3) is 0 Å². The fourth-order valence-electron chi connectivity index (χ4n) is 2.15. The molecule has 0 aliphatic carbocycles. The number of nitrogens with two attached hydrogens (primary N) is 1.